The Morgan fingerprint density at radius 2 is 2.32 bits per heavy atom. The summed E-state index contributed by atoms with van der Waals surface area (Å²) < 4.78 is 6.65. The molecule has 2 aromatic rings. The summed E-state index contributed by atoms with van der Waals surface area (Å²) in [5.74, 6) is -0.355. The summed E-state index contributed by atoms with van der Waals surface area (Å²) in [4.78, 5) is 11.6. The minimum atomic E-state index is -0.355. The summed E-state index contributed by atoms with van der Waals surface area (Å²) in [5.41, 5.74) is 1.49. The topological polar surface area (TPSA) is 44.1 Å². The maximum absolute atomic E-state index is 11.6. The molecule has 0 saturated heterocycles. The van der Waals surface area contributed by atoms with Gasteiger partial charge in [0.2, 0.25) is 0 Å². The highest BCUT2D eigenvalue weighted by Gasteiger charge is 2.13. The van der Waals surface area contributed by atoms with Crippen LogP contribution in [0.4, 0.5) is 0 Å². The first-order valence-electron chi connectivity index (χ1n) is 6.08. The van der Waals surface area contributed by atoms with Crippen molar-refractivity contribution in [2.24, 2.45) is 0 Å². The van der Waals surface area contributed by atoms with Crippen LogP contribution >= 0.6 is 11.6 Å². The Morgan fingerprint density at radius 3 is 3.00 bits per heavy atom. The zero-order valence-electron chi connectivity index (χ0n) is 10.8. The number of hydrogen-bond donors (Lipinski definition) is 0. The fraction of sp³-hybridized carbons (Fsp3) is 0.286. The quantitative estimate of drug-likeness (QED) is 0.806. The molecule has 19 heavy (non-hydrogen) atoms. The molecular formula is C14H15ClN2O2. The smallest absolute Gasteiger partial charge is 0.341 e. The second-order valence-corrected chi connectivity index (χ2v) is 4.60. The monoisotopic (exact) mass is 278 g/mol. The summed E-state index contributed by atoms with van der Waals surface area (Å²) in [7, 11) is 0. The van der Waals surface area contributed by atoms with Crippen LogP contribution in [0.15, 0.2) is 36.7 Å². The zero-order chi connectivity index (χ0) is 13.8. The second-order valence-electron chi connectivity index (χ2n) is 4.16. The number of benzene rings is 1. The van der Waals surface area contributed by atoms with Crippen molar-refractivity contribution in [3.63, 3.8) is 0 Å². The molecule has 0 fully saturated rings. The molecule has 4 nitrogen and oxygen atoms in total. The van der Waals surface area contributed by atoms with Crippen molar-refractivity contribution in [3.8, 4) is 0 Å². The van der Waals surface area contributed by atoms with Crippen molar-refractivity contribution in [2.45, 2.75) is 19.9 Å². The Kier molecular flexibility index (Phi) is 4.22. The van der Waals surface area contributed by atoms with E-state index in [-0.39, 0.29) is 12.0 Å². The summed E-state index contributed by atoms with van der Waals surface area (Å²) in [6.45, 7) is 4.12. The first-order valence-corrected chi connectivity index (χ1v) is 6.46. The Labute approximate surface area is 116 Å². The number of nitrogens with zero attached hydrogens (tertiary/aromatic N) is 2. The number of hydrogen-bond acceptors (Lipinski definition) is 3. The van der Waals surface area contributed by atoms with Crippen LogP contribution in [0.5, 0.6) is 0 Å². The van der Waals surface area contributed by atoms with E-state index in [9.17, 15) is 4.79 Å². The average Bonchev–Trinajstić information content (AvgIpc) is 2.88. The van der Waals surface area contributed by atoms with Gasteiger partial charge in [-0.05, 0) is 31.5 Å². The van der Waals surface area contributed by atoms with E-state index < -0.39 is 0 Å². The first kappa shape index (κ1) is 13.6. The van der Waals surface area contributed by atoms with Gasteiger partial charge < -0.3 is 4.74 Å². The molecule has 2 rings (SSSR count). The molecule has 0 N–H and O–H groups in total. The van der Waals surface area contributed by atoms with Crippen molar-refractivity contribution in [1.29, 1.82) is 0 Å². The van der Waals surface area contributed by atoms with Crippen LogP contribution in [0.2, 0.25) is 5.02 Å². The molecule has 0 aliphatic carbocycles. The van der Waals surface area contributed by atoms with Gasteiger partial charge in [0, 0.05) is 11.2 Å². The third-order valence-electron chi connectivity index (χ3n) is 2.84. The van der Waals surface area contributed by atoms with Crippen LogP contribution in [0.3, 0.4) is 0 Å². The van der Waals surface area contributed by atoms with Gasteiger partial charge in [0.05, 0.1) is 24.4 Å². The molecule has 1 atom stereocenters. The van der Waals surface area contributed by atoms with E-state index in [2.05, 4.69) is 5.10 Å². The highest BCUT2D eigenvalue weighted by atomic mass is 35.5. The third-order valence-corrected chi connectivity index (χ3v) is 3.08. The van der Waals surface area contributed by atoms with Gasteiger partial charge in [-0.3, -0.25) is 4.68 Å². The Balaban J connectivity index is 2.20. The molecule has 0 radical (unpaired) electrons. The number of carbonyl (C=O) groups excluding carboxylic acids is 1. The summed E-state index contributed by atoms with van der Waals surface area (Å²) in [5, 5.41) is 4.88. The predicted octanol–water partition coefficient (Wildman–Crippen LogP) is 3.32. The normalized spacial score (nSPS) is 12.2. The average molecular weight is 279 g/mol. The lowest BCUT2D eigenvalue weighted by Crippen LogP contribution is -2.08. The van der Waals surface area contributed by atoms with E-state index >= 15 is 0 Å². The van der Waals surface area contributed by atoms with Gasteiger partial charge in [0.25, 0.3) is 0 Å². The van der Waals surface area contributed by atoms with E-state index in [0.29, 0.717) is 17.2 Å². The van der Waals surface area contributed by atoms with Crippen LogP contribution < -0.4 is 0 Å². The van der Waals surface area contributed by atoms with Gasteiger partial charge in [-0.15, -0.1) is 0 Å². The number of esters is 1. The summed E-state index contributed by atoms with van der Waals surface area (Å²) >= 11 is 5.97. The molecule has 0 amide bonds. The van der Waals surface area contributed by atoms with Gasteiger partial charge >= 0.3 is 5.97 Å². The van der Waals surface area contributed by atoms with Crippen molar-refractivity contribution in [3.05, 3.63) is 52.8 Å². The van der Waals surface area contributed by atoms with Gasteiger partial charge in [0.1, 0.15) is 0 Å². The number of aromatic nitrogens is 2. The van der Waals surface area contributed by atoms with Crippen molar-refractivity contribution < 1.29 is 9.53 Å². The number of ether oxygens (including phenoxy) is 1. The molecule has 0 aliphatic heterocycles. The minimum absolute atomic E-state index is 0.00174. The van der Waals surface area contributed by atoms with Crippen LogP contribution in [-0.4, -0.2) is 22.4 Å². The number of carbonyl (C=O) groups is 1. The Morgan fingerprint density at radius 1 is 1.53 bits per heavy atom. The molecule has 0 spiro atoms. The summed E-state index contributed by atoms with van der Waals surface area (Å²) in [6.07, 6.45) is 3.20. The van der Waals surface area contributed by atoms with Gasteiger partial charge in [-0.2, -0.15) is 5.10 Å². The lowest BCUT2D eigenvalue weighted by atomic mass is 10.1. The molecular weight excluding hydrogens is 264 g/mol. The third kappa shape index (κ3) is 3.15. The lowest BCUT2D eigenvalue weighted by Gasteiger charge is -2.12. The van der Waals surface area contributed by atoms with Crippen LogP contribution in [0.25, 0.3) is 0 Å². The molecule has 100 valence electrons. The van der Waals surface area contributed by atoms with Gasteiger partial charge in [-0.1, -0.05) is 23.7 Å². The van der Waals surface area contributed by atoms with Gasteiger partial charge in [-0.25, -0.2) is 4.79 Å². The fourth-order valence-electron chi connectivity index (χ4n) is 1.79. The van der Waals surface area contributed by atoms with Crippen molar-refractivity contribution >= 4 is 17.6 Å². The lowest BCUT2D eigenvalue weighted by molar-refractivity contribution is 0.0526. The second kappa shape index (κ2) is 5.89. The van der Waals surface area contributed by atoms with Crippen molar-refractivity contribution in [2.75, 3.05) is 6.61 Å². The SMILES string of the molecule is CCOC(=O)c1cnn(C(C)c2cccc(Cl)c2)c1. The molecule has 1 aromatic heterocycles. The standard InChI is InChI=1S/C14H15ClN2O2/c1-3-19-14(18)12-8-16-17(9-12)10(2)11-5-4-6-13(15)7-11/h4-10H,3H2,1-2H3. The molecule has 0 bridgehead atoms. The fourth-order valence-corrected chi connectivity index (χ4v) is 1.99. The Hall–Kier alpha value is -1.81. The van der Waals surface area contributed by atoms with E-state index in [1.807, 2.05) is 31.2 Å². The maximum atomic E-state index is 11.6. The highest BCUT2D eigenvalue weighted by Crippen LogP contribution is 2.21. The van der Waals surface area contributed by atoms with E-state index in [0.717, 1.165) is 5.56 Å². The molecule has 1 aromatic carbocycles. The van der Waals surface area contributed by atoms with Crippen LogP contribution in [-0.2, 0) is 4.74 Å². The maximum Gasteiger partial charge on any atom is 0.341 e. The minimum Gasteiger partial charge on any atom is -0.462 e. The van der Waals surface area contributed by atoms with Gasteiger partial charge in [0.15, 0.2) is 0 Å². The summed E-state index contributed by atoms with van der Waals surface area (Å²) in [6, 6.07) is 7.58. The van der Waals surface area contributed by atoms with Crippen LogP contribution in [0, 0.1) is 0 Å². The molecule has 5 heteroatoms. The number of halogens is 1. The largest absolute Gasteiger partial charge is 0.462 e. The van der Waals surface area contributed by atoms with Crippen LogP contribution in [0.1, 0.15) is 35.8 Å². The predicted molar refractivity (Wildman–Crippen MR) is 73.4 cm³/mol. The molecule has 1 heterocycles. The van der Waals surface area contributed by atoms with Crippen molar-refractivity contribution in [1.82, 2.24) is 9.78 Å². The number of rotatable bonds is 4. The molecule has 0 aliphatic rings. The van der Waals surface area contributed by atoms with E-state index in [1.54, 1.807) is 17.8 Å². The molecule has 0 saturated carbocycles. The molecule has 1 unspecified atom stereocenters. The zero-order valence-corrected chi connectivity index (χ0v) is 11.6. The van der Waals surface area contributed by atoms with E-state index in [4.69, 9.17) is 16.3 Å². The van der Waals surface area contributed by atoms with E-state index in [1.165, 1.54) is 6.20 Å². The Bertz CT molecular complexity index is 580. The highest BCUT2D eigenvalue weighted by molar-refractivity contribution is 6.30. The first-order chi connectivity index (χ1) is 9.11.